The summed E-state index contributed by atoms with van der Waals surface area (Å²) in [6.07, 6.45) is 2.09. The Morgan fingerprint density at radius 3 is 2.63 bits per heavy atom. The van der Waals surface area contributed by atoms with Crippen LogP contribution >= 0.6 is 11.6 Å². The van der Waals surface area contributed by atoms with E-state index in [2.05, 4.69) is 17.6 Å². The molecule has 0 saturated carbocycles. The number of unbranched alkanes of at least 4 members (excludes halogenated alkanes) is 1. The van der Waals surface area contributed by atoms with E-state index in [-0.39, 0.29) is 18.0 Å². The summed E-state index contributed by atoms with van der Waals surface area (Å²) in [5.74, 6) is 0.0346. The number of rotatable bonds is 7. The zero-order valence-corrected chi connectivity index (χ0v) is 12.6. The Balaban J connectivity index is 2.50. The molecular formula is C15H23ClN2O. The Morgan fingerprint density at radius 2 is 2.00 bits per heavy atom. The minimum Gasteiger partial charge on any atom is -0.355 e. The fourth-order valence-electron chi connectivity index (χ4n) is 1.91. The summed E-state index contributed by atoms with van der Waals surface area (Å²) in [6.45, 7) is 6.72. The van der Waals surface area contributed by atoms with Crippen LogP contribution in [0.1, 0.15) is 45.2 Å². The predicted octanol–water partition coefficient (Wildman–Crippen LogP) is 3.30. The smallest absolute Gasteiger partial charge is 0.236 e. The van der Waals surface area contributed by atoms with E-state index in [0.717, 1.165) is 30.0 Å². The molecular weight excluding hydrogens is 260 g/mol. The largest absolute Gasteiger partial charge is 0.355 e. The highest BCUT2D eigenvalue weighted by Gasteiger charge is 2.16. The van der Waals surface area contributed by atoms with Crippen molar-refractivity contribution in [1.82, 2.24) is 10.6 Å². The van der Waals surface area contributed by atoms with Gasteiger partial charge in [-0.2, -0.15) is 0 Å². The molecule has 0 aromatic heterocycles. The second-order valence-corrected chi connectivity index (χ2v) is 5.18. The highest BCUT2D eigenvalue weighted by atomic mass is 35.5. The highest BCUT2D eigenvalue weighted by Crippen LogP contribution is 2.22. The molecule has 0 fully saturated rings. The standard InChI is InChI=1S/C15H23ClN2O/c1-4-5-10-17-15(19)12(3)18-11(2)13-8-6-7-9-14(13)16/h6-9,11-12,18H,4-5,10H2,1-3H3,(H,17,19)/t11-,12?/m0/s1. The maximum atomic E-state index is 11.9. The molecule has 1 aromatic rings. The van der Waals surface area contributed by atoms with E-state index in [4.69, 9.17) is 11.6 Å². The molecule has 0 aliphatic rings. The first-order valence-electron chi connectivity index (χ1n) is 6.84. The third-order valence-corrected chi connectivity index (χ3v) is 3.44. The van der Waals surface area contributed by atoms with Crippen LogP contribution in [0.15, 0.2) is 24.3 Å². The lowest BCUT2D eigenvalue weighted by Crippen LogP contribution is -2.43. The molecule has 4 heteroatoms. The second kappa shape index (κ2) is 8.18. The van der Waals surface area contributed by atoms with E-state index in [1.54, 1.807) is 0 Å². The van der Waals surface area contributed by atoms with Gasteiger partial charge < -0.3 is 5.32 Å². The van der Waals surface area contributed by atoms with Crippen molar-refractivity contribution in [1.29, 1.82) is 0 Å². The average Bonchev–Trinajstić information content (AvgIpc) is 2.39. The van der Waals surface area contributed by atoms with Gasteiger partial charge in [-0.25, -0.2) is 0 Å². The first kappa shape index (κ1) is 16.0. The Morgan fingerprint density at radius 1 is 1.32 bits per heavy atom. The second-order valence-electron chi connectivity index (χ2n) is 4.78. The van der Waals surface area contributed by atoms with Crippen molar-refractivity contribution in [2.45, 2.75) is 45.7 Å². The molecule has 0 aliphatic heterocycles. The number of benzene rings is 1. The number of carbonyl (C=O) groups is 1. The van der Waals surface area contributed by atoms with E-state index >= 15 is 0 Å². The molecule has 0 radical (unpaired) electrons. The zero-order valence-electron chi connectivity index (χ0n) is 11.9. The summed E-state index contributed by atoms with van der Waals surface area (Å²) in [4.78, 5) is 11.9. The lowest BCUT2D eigenvalue weighted by atomic mass is 10.1. The normalized spacial score (nSPS) is 13.9. The zero-order chi connectivity index (χ0) is 14.3. The predicted molar refractivity (Wildman–Crippen MR) is 80.4 cm³/mol. The molecule has 19 heavy (non-hydrogen) atoms. The van der Waals surface area contributed by atoms with Gasteiger partial charge in [-0.1, -0.05) is 43.1 Å². The van der Waals surface area contributed by atoms with Crippen molar-refractivity contribution < 1.29 is 4.79 Å². The third-order valence-electron chi connectivity index (χ3n) is 3.09. The molecule has 0 bridgehead atoms. The van der Waals surface area contributed by atoms with Crippen LogP contribution in [0.25, 0.3) is 0 Å². The fraction of sp³-hybridized carbons (Fsp3) is 0.533. The molecule has 1 aromatic carbocycles. The lowest BCUT2D eigenvalue weighted by Gasteiger charge is -2.20. The monoisotopic (exact) mass is 282 g/mol. The van der Waals surface area contributed by atoms with Gasteiger partial charge in [-0.05, 0) is 31.9 Å². The molecule has 3 nitrogen and oxygen atoms in total. The van der Waals surface area contributed by atoms with E-state index in [0.29, 0.717) is 0 Å². The van der Waals surface area contributed by atoms with Crippen LogP contribution in [-0.2, 0) is 4.79 Å². The Bertz CT molecular complexity index is 409. The number of hydrogen-bond donors (Lipinski definition) is 2. The van der Waals surface area contributed by atoms with Crippen LogP contribution in [0.4, 0.5) is 0 Å². The fourth-order valence-corrected chi connectivity index (χ4v) is 2.21. The summed E-state index contributed by atoms with van der Waals surface area (Å²) in [7, 11) is 0. The molecule has 106 valence electrons. The molecule has 0 aliphatic carbocycles. The van der Waals surface area contributed by atoms with Gasteiger partial charge in [0, 0.05) is 17.6 Å². The quantitative estimate of drug-likeness (QED) is 0.754. The van der Waals surface area contributed by atoms with Gasteiger partial charge in [0.05, 0.1) is 6.04 Å². The summed E-state index contributed by atoms with van der Waals surface area (Å²) >= 11 is 6.14. The van der Waals surface area contributed by atoms with Gasteiger partial charge in [0.15, 0.2) is 0 Å². The van der Waals surface area contributed by atoms with Crippen molar-refractivity contribution in [2.75, 3.05) is 6.54 Å². The van der Waals surface area contributed by atoms with Gasteiger partial charge in [0.2, 0.25) is 5.91 Å². The molecule has 0 heterocycles. The summed E-state index contributed by atoms with van der Waals surface area (Å²) in [5, 5.41) is 6.91. The Labute approximate surface area is 120 Å². The number of halogens is 1. The van der Waals surface area contributed by atoms with Crippen LogP contribution < -0.4 is 10.6 Å². The van der Waals surface area contributed by atoms with E-state index < -0.39 is 0 Å². The van der Waals surface area contributed by atoms with Crippen LogP contribution in [0.3, 0.4) is 0 Å². The van der Waals surface area contributed by atoms with Crippen LogP contribution in [0, 0.1) is 0 Å². The summed E-state index contributed by atoms with van der Waals surface area (Å²) in [5.41, 5.74) is 1.01. The van der Waals surface area contributed by atoms with Crippen LogP contribution in [-0.4, -0.2) is 18.5 Å². The Kier molecular flexibility index (Phi) is 6.89. The van der Waals surface area contributed by atoms with Gasteiger partial charge >= 0.3 is 0 Å². The van der Waals surface area contributed by atoms with Crippen molar-refractivity contribution >= 4 is 17.5 Å². The summed E-state index contributed by atoms with van der Waals surface area (Å²) in [6, 6.07) is 7.50. The van der Waals surface area contributed by atoms with Crippen molar-refractivity contribution in [3.05, 3.63) is 34.9 Å². The lowest BCUT2D eigenvalue weighted by molar-refractivity contribution is -0.122. The topological polar surface area (TPSA) is 41.1 Å². The molecule has 1 unspecified atom stereocenters. The molecule has 1 rings (SSSR count). The number of carbonyl (C=O) groups excluding carboxylic acids is 1. The van der Waals surface area contributed by atoms with E-state index in [1.807, 2.05) is 38.1 Å². The van der Waals surface area contributed by atoms with Crippen molar-refractivity contribution in [3.63, 3.8) is 0 Å². The van der Waals surface area contributed by atoms with E-state index in [9.17, 15) is 4.79 Å². The number of amides is 1. The maximum Gasteiger partial charge on any atom is 0.236 e. The van der Waals surface area contributed by atoms with Crippen LogP contribution in [0.5, 0.6) is 0 Å². The average molecular weight is 283 g/mol. The summed E-state index contributed by atoms with van der Waals surface area (Å²) < 4.78 is 0. The molecule has 1 amide bonds. The van der Waals surface area contributed by atoms with Gasteiger partial charge in [0.25, 0.3) is 0 Å². The van der Waals surface area contributed by atoms with Crippen LogP contribution in [0.2, 0.25) is 5.02 Å². The van der Waals surface area contributed by atoms with Gasteiger partial charge in [-0.3, -0.25) is 10.1 Å². The van der Waals surface area contributed by atoms with Crippen molar-refractivity contribution in [3.8, 4) is 0 Å². The number of hydrogen-bond acceptors (Lipinski definition) is 2. The molecule has 0 spiro atoms. The van der Waals surface area contributed by atoms with Crippen molar-refractivity contribution in [2.24, 2.45) is 0 Å². The molecule has 2 atom stereocenters. The first-order chi connectivity index (χ1) is 9.06. The number of nitrogens with one attached hydrogen (secondary N) is 2. The maximum absolute atomic E-state index is 11.9. The van der Waals surface area contributed by atoms with E-state index in [1.165, 1.54) is 0 Å². The SMILES string of the molecule is CCCCNC(=O)C(C)N[C@@H](C)c1ccccc1Cl. The molecule has 0 saturated heterocycles. The highest BCUT2D eigenvalue weighted by molar-refractivity contribution is 6.31. The van der Waals surface area contributed by atoms with Gasteiger partial charge in [-0.15, -0.1) is 0 Å². The Hall–Kier alpha value is -1.06. The first-order valence-corrected chi connectivity index (χ1v) is 7.22. The van der Waals surface area contributed by atoms with Gasteiger partial charge in [0.1, 0.15) is 0 Å². The minimum absolute atomic E-state index is 0.0346. The minimum atomic E-state index is -0.233. The molecule has 2 N–H and O–H groups in total. The third kappa shape index (κ3) is 5.21.